The van der Waals surface area contributed by atoms with E-state index in [1.807, 2.05) is 27.7 Å². The molecular weight excluding hydrogens is 214 g/mol. The Labute approximate surface area is 93.3 Å². The van der Waals surface area contributed by atoms with E-state index in [2.05, 4.69) is 20.3 Å². The molecule has 15 heavy (non-hydrogen) atoms. The number of hydrogen-bond acceptors (Lipinski definition) is 5. The van der Waals surface area contributed by atoms with Crippen molar-refractivity contribution in [3.05, 3.63) is 0 Å². The smallest absolute Gasteiger partial charge is 0.320 e. The lowest BCUT2D eigenvalue weighted by Crippen LogP contribution is -2.22. The van der Waals surface area contributed by atoms with E-state index in [1.54, 1.807) is 0 Å². The molecule has 0 saturated heterocycles. The zero-order valence-electron chi connectivity index (χ0n) is 9.33. The van der Waals surface area contributed by atoms with Gasteiger partial charge in [-0.3, -0.25) is 9.83 Å². The molecule has 0 aromatic rings. The summed E-state index contributed by atoms with van der Waals surface area (Å²) in [6.07, 6.45) is -0.539. The molecule has 0 spiro atoms. The standard InChI is InChI=1S/C9H15N3O2S/c1-5-10-8(13)14-12-7-6(2)11-9(3,4)15-7/h5H2,1-4H3,(H,10,13). The first-order valence-electron chi connectivity index (χ1n) is 4.73. The fraction of sp³-hybridized carbons (Fsp3) is 0.667. The minimum absolute atomic E-state index is 0.215. The van der Waals surface area contributed by atoms with Crippen LogP contribution in [0.1, 0.15) is 27.7 Å². The quantitative estimate of drug-likeness (QED) is 0.581. The van der Waals surface area contributed by atoms with Gasteiger partial charge in [0.2, 0.25) is 0 Å². The highest BCUT2D eigenvalue weighted by atomic mass is 32.2. The van der Waals surface area contributed by atoms with Crippen molar-refractivity contribution in [3.63, 3.8) is 0 Å². The van der Waals surface area contributed by atoms with Crippen LogP contribution in [-0.4, -0.2) is 28.3 Å². The number of nitrogens with one attached hydrogen (secondary N) is 1. The average molecular weight is 229 g/mol. The Morgan fingerprint density at radius 1 is 1.67 bits per heavy atom. The first kappa shape index (κ1) is 12.0. The summed E-state index contributed by atoms with van der Waals surface area (Å²) in [6, 6.07) is 0. The van der Waals surface area contributed by atoms with E-state index >= 15 is 0 Å². The van der Waals surface area contributed by atoms with Crippen molar-refractivity contribution in [2.24, 2.45) is 10.1 Å². The zero-order valence-corrected chi connectivity index (χ0v) is 10.1. The van der Waals surface area contributed by atoms with Crippen LogP contribution in [-0.2, 0) is 4.84 Å². The molecule has 84 valence electrons. The van der Waals surface area contributed by atoms with Crippen LogP contribution in [0.5, 0.6) is 0 Å². The minimum atomic E-state index is -0.539. The second-order valence-electron chi connectivity index (χ2n) is 3.55. The van der Waals surface area contributed by atoms with Gasteiger partial charge in [0.05, 0.1) is 5.71 Å². The van der Waals surface area contributed by atoms with Crippen LogP contribution in [0, 0.1) is 0 Å². The fourth-order valence-electron chi connectivity index (χ4n) is 1.13. The number of carbonyl (C=O) groups is 1. The van der Waals surface area contributed by atoms with E-state index in [0.717, 1.165) is 5.71 Å². The summed E-state index contributed by atoms with van der Waals surface area (Å²) < 4.78 is 0. The molecule has 1 amide bonds. The third-order valence-corrected chi connectivity index (χ3v) is 2.78. The molecule has 1 rings (SSSR count). The van der Waals surface area contributed by atoms with E-state index in [1.165, 1.54) is 11.8 Å². The number of carbonyl (C=O) groups excluding carboxylic acids is 1. The minimum Gasteiger partial charge on any atom is -0.320 e. The van der Waals surface area contributed by atoms with Crippen molar-refractivity contribution in [2.75, 3.05) is 6.54 Å². The Balaban J connectivity index is 2.56. The van der Waals surface area contributed by atoms with Crippen LogP contribution >= 0.6 is 11.8 Å². The SMILES string of the molecule is CCNC(=O)ON=C1SC(C)(C)N=C1C. The van der Waals surface area contributed by atoms with Gasteiger partial charge in [-0.25, -0.2) is 4.79 Å². The normalized spacial score (nSPS) is 21.3. The number of aliphatic imine (C=N–C) groups is 1. The van der Waals surface area contributed by atoms with Gasteiger partial charge in [0, 0.05) is 6.54 Å². The van der Waals surface area contributed by atoms with Crippen LogP contribution in [0.4, 0.5) is 4.79 Å². The first-order valence-corrected chi connectivity index (χ1v) is 5.55. The molecule has 0 unspecified atom stereocenters. The van der Waals surface area contributed by atoms with E-state index in [9.17, 15) is 4.79 Å². The van der Waals surface area contributed by atoms with Crippen molar-refractivity contribution in [2.45, 2.75) is 32.6 Å². The molecule has 6 heteroatoms. The van der Waals surface area contributed by atoms with Gasteiger partial charge in [-0.05, 0) is 27.7 Å². The number of amides is 1. The Morgan fingerprint density at radius 2 is 2.33 bits per heavy atom. The summed E-state index contributed by atoms with van der Waals surface area (Å²) in [5.41, 5.74) is 0.800. The van der Waals surface area contributed by atoms with Crippen molar-refractivity contribution >= 4 is 28.6 Å². The number of nitrogens with zero attached hydrogens (tertiary/aromatic N) is 2. The maximum absolute atomic E-state index is 11.0. The van der Waals surface area contributed by atoms with Crippen LogP contribution in [0.25, 0.3) is 0 Å². The third-order valence-electron chi connectivity index (χ3n) is 1.63. The van der Waals surface area contributed by atoms with Crippen LogP contribution in [0.15, 0.2) is 10.1 Å². The molecular formula is C9H15N3O2S. The molecule has 0 radical (unpaired) electrons. The van der Waals surface area contributed by atoms with Crippen molar-refractivity contribution < 1.29 is 9.63 Å². The molecule has 0 fully saturated rings. The lowest BCUT2D eigenvalue weighted by molar-refractivity contribution is 0.152. The maximum atomic E-state index is 11.0. The number of hydrogen-bond donors (Lipinski definition) is 1. The molecule has 0 aromatic heterocycles. The highest BCUT2D eigenvalue weighted by Crippen LogP contribution is 2.33. The van der Waals surface area contributed by atoms with Crippen molar-refractivity contribution in [3.8, 4) is 0 Å². The van der Waals surface area contributed by atoms with Crippen molar-refractivity contribution in [1.82, 2.24) is 5.32 Å². The van der Waals surface area contributed by atoms with Gasteiger partial charge in [-0.1, -0.05) is 16.9 Å². The molecule has 0 aliphatic carbocycles. The number of thioether (sulfide) groups is 1. The third kappa shape index (κ3) is 3.54. The van der Waals surface area contributed by atoms with Gasteiger partial charge < -0.3 is 5.32 Å². The van der Waals surface area contributed by atoms with Gasteiger partial charge >= 0.3 is 6.09 Å². The highest BCUT2D eigenvalue weighted by Gasteiger charge is 2.29. The number of oxime groups is 1. The van der Waals surface area contributed by atoms with Crippen molar-refractivity contribution in [1.29, 1.82) is 0 Å². The summed E-state index contributed by atoms with van der Waals surface area (Å²) in [5.74, 6) is 0. The maximum Gasteiger partial charge on any atom is 0.433 e. The van der Waals surface area contributed by atoms with Crippen LogP contribution in [0.2, 0.25) is 0 Å². The topological polar surface area (TPSA) is 63.0 Å². The predicted octanol–water partition coefficient (Wildman–Crippen LogP) is 1.99. The molecule has 0 atom stereocenters. The van der Waals surface area contributed by atoms with E-state index in [0.29, 0.717) is 11.6 Å². The monoisotopic (exact) mass is 229 g/mol. The summed E-state index contributed by atoms with van der Waals surface area (Å²) >= 11 is 1.48. The largest absolute Gasteiger partial charge is 0.433 e. The summed E-state index contributed by atoms with van der Waals surface area (Å²) in [4.78, 5) is 19.8. The summed E-state index contributed by atoms with van der Waals surface area (Å²) in [7, 11) is 0. The lowest BCUT2D eigenvalue weighted by atomic mass is 10.4. The second kappa shape index (κ2) is 4.65. The zero-order chi connectivity index (χ0) is 11.5. The fourth-order valence-corrected chi connectivity index (χ4v) is 2.05. The molecule has 1 aliphatic rings. The van der Waals surface area contributed by atoms with Gasteiger partial charge in [0.25, 0.3) is 0 Å². The van der Waals surface area contributed by atoms with E-state index < -0.39 is 6.09 Å². The molecule has 1 N–H and O–H groups in total. The van der Waals surface area contributed by atoms with Gasteiger partial charge in [0.1, 0.15) is 4.87 Å². The summed E-state index contributed by atoms with van der Waals surface area (Å²) in [5, 5.41) is 6.90. The average Bonchev–Trinajstić information content (AvgIpc) is 2.36. The lowest BCUT2D eigenvalue weighted by Gasteiger charge is -2.09. The molecule has 0 aromatic carbocycles. The Bertz CT molecular complexity index is 323. The predicted molar refractivity (Wildman–Crippen MR) is 62.4 cm³/mol. The van der Waals surface area contributed by atoms with E-state index in [-0.39, 0.29) is 4.87 Å². The van der Waals surface area contributed by atoms with Gasteiger partial charge in [0.15, 0.2) is 5.04 Å². The molecule has 0 bridgehead atoms. The van der Waals surface area contributed by atoms with Gasteiger partial charge in [-0.2, -0.15) is 0 Å². The summed E-state index contributed by atoms with van der Waals surface area (Å²) in [6.45, 7) is 8.15. The first-order chi connectivity index (χ1) is 6.94. The molecule has 1 aliphatic heterocycles. The molecule has 1 heterocycles. The Morgan fingerprint density at radius 3 is 2.80 bits per heavy atom. The van der Waals surface area contributed by atoms with Gasteiger partial charge in [-0.15, -0.1) is 0 Å². The second-order valence-corrected chi connectivity index (χ2v) is 5.14. The van der Waals surface area contributed by atoms with Crippen LogP contribution in [0.3, 0.4) is 0 Å². The van der Waals surface area contributed by atoms with Crippen LogP contribution < -0.4 is 5.32 Å². The molecule has 0 saturated carbocycles. The highest BCUT2D eigenvalue weighted by molar-refractivity contribution is 8.17. The Hall–Kier alpha value is -1.04. The Kier molecular flexibility index (Phi) is 3.73. The molecule has 5 nitrogen and oxygen atoms in total. The van der Waals surface area contributed by atoms with E-state index in [4.69, 9.17) is 0 Å². The number of rotatable bonds is 2.